The van der Waals surface area contributed by atoms with E-state index in [2.05, 4.69) is 11.4 Å². The lowest BCUT2D eigenvalue weighted by atomic mass is 9.88. The molecule has 0 saturated carbocycles. The molecule has 7 heteroatoms. The van der Waals surface area contributed by atoms with Gasteiger partial charge in [0, 0.05) is 0 Å². The highest BCUT2D eigenvalue weighted by atomic mass is 32.2. The second kappa shape index (κ2) is 9.12. The Labute approximate surface area is 187 Å². The highest BCUT2D eigenvalue weighted by Gasteiger charge is 2.29. The number of nitrogens with zero attached hydrogens (tertiary/aromatic N) is 1. The minimum atomic E-state index is -4.07. The summed E-state index contributed by atoms with van der Waals surface area (Å²) in [7, 11) is -4.07. The van der Waals surface area contributed by atoms with Crippen molar-refractivity contribution in [3.8, 4) is 0 Å². The van der Waals surface area contributed by atoms with Crippen LogP contribution in [0, 0.1) is 12.7 Å². The second-order valence-electron chi connectivity index (χ2n) is 8.01. The fraction of sp³-hybridized carbons (Fsp3) is 0.240. The summed E-state index contributed by atoms with van der Waals surface area (Å²) in [6.07, 6.45) is 2.73. The van der Waals surface area contributed by atoms with Gasteiger partial charge in [-0.25, -0.2) is 12.8 Å². The lowest BCUT2D eigenvalue weighted by Crippen LogP contribution is -2.42. The van der Waals surface area contributed by atoms with Crippen molar-refractivity contribution in [3.63, 3.8) is 0 Å². The van der Waals surface area contributed by atoms with Crippen molar-refractivity contribution >= 4 is 21.6 Å². The first-order valence-electron chi connectivity index (χ1n) is 10.6. The molecule has 0 aromatic heterocycles. The molecule has 0 heterocycles. The number of benzene rings is 3. The Kier molecular flexibility index (Phi) is 6.28. The first kappa shape index (κ1) is 22.0. The molecule has 0 spiro atoms. The Bertz CT molecular complexity index is 1210. The maximum atomic E-state index is 13.4. The Hall–Kier alpha value is -3.19. The lowest BCUT2D eigenvalue weighted by molar-refractivity contribution is -0.120. The van der Waals surface area contributed by atoms with E-state index in [-0.39, 0.29) is 17.5 Å². The van der Waals surface area contributed by atoms with Gasteiger partial charge in [-0.1, -0.05) is 42.0 Å². The number of anilines is 1. The minimum absolute atomic E-state index is 0.0738. The van der Waals surface area contributed by atoms with Crippen LogP contribution in [-0.2, 0) is 21.2 Å². The molecule has 166 valence electrons. The molecule has 4 rings (SSSR count). The quantitative estimate of drug-likeness (QED) is 0.598. The van der Waals surface area contributed by atoms with Crippen LogP contribution in [0.1, 0.15) is 35.6 Å². The SMILES string of the molecule is Cc1ccc(N(CC(=O)N[C@@H]2CCCc3ccccc32)S(=O)(=O)c2ccc(F)cc2)cc1. The van der Waals surface area contributed by atoms with E-state index < -0.39 is 21.7 Å². The highest BCUT2D eigenvalue weighted by Crippen LogP contribution is 2.30. The fourth-order valence-corrected chi connectivity index (χ4v) is 5.46. The summed E-state index contributed by atoms with van der Waals surface area (Å²) < 4.78 is 41.2. The molecule has 0 aliphatic heterocycles. The molecular weight excluding hydrogens is 427 g/mol. The van der Waals surface area contributed by atoms with Crippen LogP contribution in [0.4, 0.5) is 10.1 Å². The first-order valence-corrected chi connectivity index (χ1v) is 12.0. The molecule has 1 aliphatic carbocycles. The largest absolute Gasteiger partial charge is 0.348 e. The van der Waals surface area contributed by atoms with Crippen molar-refractivity contribution in [2.24, 2.45) is 0 Å². The number of aryl methyl sites for hydroxylation is 2. The van der Waals surface area contributed by atoms with Gasteiger partial charge in [0.05, 0.1) is 16.6 Å². The summed E-state index contributed by atoms with van der Waals surface area (Å²) in [5.41, 5.74) is 3.63. The summed E-state index contributed by atoms with van der Waals surface area (Å²) in [6, 6.07) is 19.4. The van der Waals surface area contributed by atoms with E-state index in [0.717, 1.165) is 46.8 Å². The topological polar surface area (TPSA) is 66.5 Å². The van der Waals surface area contributed by atoms with Crippen molar-refractivity contribution in [1.29, 1.82) is 0 Å². The molecule has 3 aromatic rings. The van der Waals surface area contributed by atoms with Crippen LogP contribution in [-0.4, -0.2) is 20.9 Å². The van der Waals surface area contributed by atoms with E-state index in [4.69, 9.17) is 0 Å². The van der Waals surface area contributed by atoms with E-state index in [1.165, 1.54) is 17.7 Å². The van der Waals surface area contributed by atoms with Crippen LogP contribution in [0.2, 0.25) is 0 Å². The number of halogens is 1. The number of sulfonamides is 1. The maximum Gasteiger partial charge on any atom is 0.264 e. The van der Waals surface area contributed by atoms with Crippen LogP contribution in [0.5, 0.6) is 0 Å². The Balaban J connectivity index is 1.62. The van der Waals surface area contributed by atoms with Gasteiger partial charge in [-0.15, -0.1) is 0 Å². The second-order valence-corrected chi connectivity index (χ2v) is 9.87. The molecule has 1 amide bonds. The van der Waals surface area contributed by atoms with Crippen molar-refractivity contribution in [3.05, 3.63) is 95.3 Å². The molecule has 0 fully saturated rings. The smallest absolute Gasteiger partial charge is 0.264 e. The zero-order chi connectivity index (χ0) is 22.7. The average molecular weight is 453 g/mol. The first-order chi connectivity index (χ1) is 15.3. The summed E-state index contributed by atoms with van der Waals surface area (Å²) in [5, 5.41) is 3.01. The molecule has 1 N–H and O–H groups in total. The van der Waals surface area contributed by atoms with Crippen molar-refractivity contribution < 1.29 is 17.6 Å². The number of nitrogens with one attached hydrogen (secondary N) is 1. The van der Waals surface area contributed by atoms with E-state index in [0.29, 0.717) is 5.69 Å². The fourth-order valence-electron chi connectivity index (χ4n) is 4.03. The maximum absolute atomic E-state index is 13.4. The normalized spacial score (nSPS) is 15.6. The third-order valence-electron chi connectivity index (χ3n) is 5.72. The predicted molar refractivity (Wildman–Crippen MR) is 122 cm³/mol. The van der Waals surface area contributed by atoms with Crippen LogP contribution in [0.3, 0.4) is 0 Å². The third-order valence-corrected chi connectivity index (χ3v) is 7.50. The lowest BCUT2D eigenvalue weighted by Gasteiger charge is -2.28. The van der Waals surface area contributed by atoms with Gasteiger partial charge >= 0.3 is 0 Å². The van der Waals surface area contributed by atoms with Crippen molar-refractivity contribution in [2.75, 3.05) is 10.8 Å². The van der Waals surface area contributed by atoms with Crippen molar-refractivity contribution in [1.82, 2.24) is 5.32 Å². The highest BCUT2D eigenvalue weighted by molar-refractivity contribution is 7.92. The number of hydrogen-bond donors (Lipinski definition) is 1. The van der Waals surface area contributed by atoms with Gasteiger partial charge in [0.15, 0.2) is 0 Å². The van der Waals surface area contributed by atoms with Gasteiger partial charge in [-0.2, -0.15) is 0 Å². The number of hydrogen-bond acceptors (Lipinski definition) is 3. The molecule has 5 nitrogen and oxygen atoms in total. The van der Waals surface area contributed by atoms with Crippen LogP contribution in [0.15, 0.2) is 77.7 Å². The number of amides is 1. The molecular formula is C25H25FN2O3S. The molecule has 0 radical (unpaired) electrons. The molecule has 1 aliphatic rings. The van der Waals surface area contributed by atoms with Gasteiger partial charge in [0.25, 0.3) is 10.0 Å². The van der Waals surface area contributed by atoms with Crippen LogP contribution < -0.4 is 9.62 Å². The van der Waals surface area contributed by atoms with E-state index in [1.54, 1.807) is 24.3 Å². The van der Waals surface area contributed by atoms with E-state index in [9.17, 15) is 17.6 Å². The molecule has 1 atom stereocenters. The Morgan fingerprint density at radius 1 is 1.03 bits per heavy atom. The van der Waals surface area contributed by atoms with Gasteiger partial charge < -0.3 is 5.32 Å². The van der Waals surface area contributed by atoms with Gasteiger partial charge in [-0.3, -0.25) is 9.10 Å². The number of carbonyl (C=O) groups is 1. The monoisotopic (exact) mass is 452 g/mol. The van der Waals surface area contributed by atoms with Crippen molar-refractivity contribution in [2.45, 2.75) is 37.1 Å². The third kappa shape index (κ3) is 4.67. The molecule has 0 bridgehead atoms. The molecule has 0 unspecified atom stereocenters. The molecule has 3 aromatic carbocycles. The number of carbonyl (C=O) groups excluding carboxylic acids is 1. The Morgan fingerprint density at radius 2 is 1.72 bits per heavy atom. The molecule has 32 heavy (non-hydrogen) atoms. The Morgan fingerprint density at radius 3 is 2.44 bits per heavy atom. The summed E-state index contributed by atoms with van der Waals surface area (Å²) in [5.74, 6) is -0.919. The van der Waals surface area contributed by atoms with Gasteiger partial charge in [0.1, 0.15) is 12.4 Å². The number of rotatable bonds is 6. The number of fused-ring (bicyclic) bond motifs is 1. The summed E-state index contributed by atoms with van der Waals surface area (Å²) in [6.45, 7) is 1.53. The minimum Gasteiger partial charge on any atom is -0.348 e. The van der Waals surface area contributed by atoms with Crippen LogP contribution >= 0.6 is 0 Å². The zero-order valence-corrected chi connectivity index (χ0v) is 18.6. The predicted octanol–water partition coefficient (Wildman–Crippen LogP) is 4.52. The molecule has 0 saturated heterocycles. The average Bonchev–Trinajstić information content (AvgIpc) is 2.79. The van der Waals surface area contributed by atoms with Gasteiger partial charge in [-0.05, 0) is 73.7 Å². The van der Waals surface area contributed by atoms with E-state index >= 15 is 0 Å². The van der Waals surface area contributed by atoms with Crippen LogP contribution in [0.25, 0.3) is 0 Å². The zero-order valence-electron chi connectivity index (χ0n) is 17.8. The summed E-state index contributed by atoms with van der Waals surface area (Å²) in [4.78, 5) is 13.0. The van der Waals surface area contributed by atoms with E-state index in [1.807, 2.05) is 25.1 Å². The van der Waals surface area contributed by atoms with Gasteiger partial charge in [0.2, 0.25) is 5.91 Å². The summed E-state index contributed by atoms with van der Waals surface area (Å²) >= 11 is 0. The standard InChI is InChI=1S/C25H25FN2O3S/c1-18-9-13-21(14-10-18)28(32(30,31)22-15-11-20(26)12-16-22)17-25(29)27-24-8-4-6-19-5-2-3-7-23(19)24/h2-3,5,7,9-16,24H,4,6,8,17H2,1H3,(H,27,29)/t24-/m1/s1.